The smallest absolute Gasteiger partial charge is 0.242 e. The summed E-state index contributed by atoms with van der Waals surface area (Å²) in [7, 11) is -3.85. The maximum atomic E-state index is 13.0. The van der Waals surface area contributed by atoms with Crippen molar-refractivity contribution in [2.75, 3.05) is 0 Å². The molecule has 0 heterocycles. The van der Waals surface area contributed by atoms with Crippen LogP contribution in [0.1, 0.15) is 34.7 Å². The molecule has 0 aliphatic heterocycles. The van der Waals surface area contributed by atoms with Gasteiger partial charge in [-0.2, -0.15) is 5.10 Å². The third-order valence-corrected chi connectivity index (χ3v) is 8.96. The van der Waals surface area contributed by atoms with Gasteiger partial charge in [0.15, 0.2) is 0 Å². The standard InChI is InChI=1S/C30H27I2N3O4S/c1-21-12-14-25(15-13-21)40(37,38)35-28(24-10-6-3-7-11-24)18-29(36)34-33-19-23-16-26(31)30(27(32)17-23)39-20-22-8-4-2-5-9-22/h2-17,19,28,35H,18,20H2,1H3,(H,34,36)/b33-19-/t28-/m1/s1. The molecule has 0 fully saturated rings. The minimum absolute atomic E-state index is 0.131. The number of rotatable bonds is 11. The van der Waals surface area contributed by atoms with E-state index in [1.165, 1.54) is 0 Å². The average molecular weight is 779 g/mol. The van der Waals surface area contributed by atoms with Crippen LogP contribution in [-0.2, 0) is 21.4 Å². The molecule has 10 heteroatoms. The van der Waals surface area contributed by atoms with Gasteiger partial charge in [0.05, 0.1) is 24.3 Å². The zero-order valence-electron chi connectivity index (χ0n) is 21.6. The van der Waals surface area contributed by atoms with Crippen molar-refractivity contribution in [1.82, 2.24) is 10.1 Å². The fourth-order valence-electron chi connectivity index (χ4n) is 3.82. The molecule has 4 aromatic carbocycles. The van der Waals surface area contributed by atoms with Gasteiger partial charge in [0.2, 0.25) is 15.9 Å². The summed E-state index contributed by atoms with van der Waals surface area (Å²) < 4.78 is 36.6. The Balaban J connectivity index is 1.41. The molecule has 0 aliphatic rings. The van der Waals surface area contributed by atoms with Gasteiger partial charge < -0.3 is 4.74 Å². The lowest BCUT2D eigenvalue weighted by Crippen LogP contribution is -2.32. The highest BCUT2D eigenvalue weighted by Crippen LogP contribution is 2.29. The first-order chi connectivity index (χ1) is 19.2. The van der Waals surface area contributed by atoms with E-state index >= 15 is 0 Å². The summed E-state index contributed by atoms with van der Waals surface area (Å²) in [5.74, 6) is 0.363. The van der Waals surface area contributed by atoms with E-state index in [-0.39, 0.29) is 11.3 Å². The van der Waals surface area contributed by atoms with Gasteiger partial charge in [-0.25, -0.2) is 18.6 Å². The largest absolute Gasteiger partial charge is 0.487 e. The third kappa shape index (κ3) is 8.59. The average Bonchev–Trinajstić information content (AvgIpc) is 2.93. The highest BCUT2D eigenvalue weighted by Gasteiger charge is 2.23. The van der Waals surface area contributed by atoms with Crippen molar-refractivity contribution in [3.63, 3.8) is 0 Å². The van der Waals surface area contributed by atoms with Gasteiger partial charge in [-0.1, -0.05) is 78.4 Å². The van der Waals surface area contributed by atoms with Crippen molar-refractivity contribution in [3.05, 3.63) is 126 Å². The molecule has 0 saturated heterocycles. The van der Waals surface area contributed by atoms with Crippen LogP contribution in [-0.4, -0.2) is 20.5 Å². The molecule has 0 unspecified atom stereocenters. The maximum absolute atomic E-state index is 13.0. The molecule has 0 aliphatic carbocycles. The molecule has 2 N–H and O–H groups in total. The number of sulfonamides is 1. The number of carbonyl (C=O) groups excluding carboxylic acids is 1. The zero-order valence-corrected chi connectivity index (χ0v) is 26.7. The number of amides is 1. The lowest BCUT2D eigenvalue weighted by Gasteiger charge is -2.18. The predicted molar refractivity (Wildman–Crippen MR) is 174 cm³/mol. The molecule has 206 valence electrons. The van der Waals surface area contributed by atoms with Gasteiger partial charge in [-0.3, -0.25) is 4.79 Å². The van der Waals surface area contributed by atoms with Crippen LogP contribution in [0, 0.1) is 14.1 Å². The number of carbonyl (C=O) groups is 1. The SMILES string of the molecule is Cc1ccc(S(=O)(=O)N[C@H](CC(=O)N/N=C\c2cc(I)c(OCc3ccccc3)c(I)c2)c2ccccc2)cc1. The predicted octanol–water partition coefficient (Wildman–Crippen LogP) is 6.34. The first kappa shape index (κ1) is 30.2. The van der Waals surface area contributed by atoms with Crippen molar-refractivity contribution < 1.29 is 17.9 Å². The Kier molecular flexibility index (Phi) is 10.7. The van der Waals surface area contributed by atoms with Crippen LogP contribution in [0.15, 0.2) is 107 Å². The molecule has 40 heavy (non-hydrogen) atoms. The molecule has 7 nitrogen and oxygen atoms in total. The van der Waals surface area contributed by atoms with Crippen LogP contribution in [0.4, 0.5) is 0 Å². The van der Waals surface area contributed by atoms with E-state index in [0.717, 1.165) is 29.6 Å². The van der Waals surface area contributed by atoms with Gasteiger partial charge in [0, 0.05) is 6.42 Å². The molecular formula is C30H27I2N3O4S. The molecule has 0 radical (unpaired) electrons. The number of aryl methyl sites for hydroxylation is 1. The first-order valence-corrected chi connectivity index (χ1v) is 16.0. The van der Waals surface area contributed by atoms with Crippen LogP contribution in [0.25, 0.3) is 0 Å². The van der Waals surface area contributed by atoms with E-state index in [1.807, 2.05) is 55.5 Å². The number of hydrogen-bond donors (Lipinski definition) is 2. The van der Waals surface area contributed by atoms with Crippen molar-refractivity contribution in [2.24, 2.45) is 5.10 Å². The molecular weight excluding hydrogens is 752 g/mol. The van der Waals surface area contributed by atoms with Crippen LogP contribution in [0.5, 0.6) is 5.75 Å². The Morgan fingerprint density at radius 3 is 2.15 bits per heavy atom. The van der Waals surface area contributed by atoms with Gasteiger partial charge >= 0.3 is 0 Å². The van der Waals surface area contributed by atoms with E-state index in [0.29, 0.717) is 12.2 Å². The summed E-state index contributed by atoms with van der Waals surface area (Å²) in [6, 6.07) is 28.6. The molecule has 0 spiro atoms. The maximum Gasteiger partial charge on any atom is 0.242 e. The van der Waals surface area contributed by atoms with Crippen LogP contribution in [0.2, 0.25) is 0 Å². The highest BCUT2D eigenvalue weighted by molar-refractivity contribution is 14.1. The third-order valence-electron chi connectivity index (χ3n) is 5.87. The van der Waals surface area contributed by atoms with Crippen LogP contribution < -0.4 is 14.9 Å². The van der Waals surface area contributed by atoms with Gasteiger partial charge in [-0.05, 0) is 93.1 Å². The summed E-state index contributed by atoms with van der Waals surface area (Å²) in [5.41, 5.74) is 6.02. The molecule has 0 aromatic heterocycles. The summed E-state index contributed by atoms with van der Waals surface area (Å²) in [6.07, 6.45) is 1.42. The Labute approximate surface area is 261 Å². The van der Waals surface area contributed by atoms with Crippen molar-refractivity contribution >= 4 is 67.3 Å². The van der Waals surface area contributed by atoms with Crippen LogP contribution in [0.3, 0.4) is 0 Å². The summed E-state index contributed by atoms with van der Waals surface area (Å²) in [4.78, 5) is 12.9. The normalized spacial score (nSPS) is 12.3. The van der Waals surface area contributed by atoms with Gasteiger partial charge in [-0.15, -0.1) is 0 Å². The fourth-order valence-corrected chi connectivity index (χ4v) is 7.17. The second-order valence-corrected chi connectivity index (χ2v) is 13.0. The number of benzene rings is 4. The highest BCUT2D eigenvalue weighted by atomic mass is 127. The van der Waals surface area contributed by atoms with Gasteiger partial charge in [0.25, 0.3) is 0 Å². The Morgan fingerprint density at radius 2 is 1.52 bits per heavy atom. The van der Waals surface area contributed by atoms with E-state index in [1.54, 1.807) is 54.7 Å². The Hall–Kier alpha value is -2.81. The van der Waals surface area contributed by atoms with E-state index in [9.17, 15) is 13.2 Å². The molecule has 0 bridgehead atoms. The topological polar surface area (TPSA) is 96.9 Å². The Morgan fingerprint density at radius 1 is 0.925 bits per heavy atom. The monoisotopic (exact) mass is 779 g/mol. The molecule has 4 rings (SSSR count). The number of hydrazone groups is 1. The number of hydrogen-bond acceptors (Lipinski definition) is 5. The second kappa shape index (κ2) is 14.2. The van der Waals surface area contributed by atoms with E-state index in [4.69, 9.17) is 4.74 Å². The minimum Gasteiger partial charge on any atom is -0.487 e. The number of halogens is 2. The van der Waals surface area contributed by atoms with Crippen molar-refractivity contribution in [2.45, 2.75) is 30.9 Å². The van der Waals surface area contributed by atoms with Crippen molar-refractivity contribution in [3.8, 4) is 5.75 Å². The molecule has 1 amide bonds. The first-order valence-electron chi connectivity index (χ1n) is 12.3. The summed E-state index contributed by atoms with van der Waals surface area (Å²) in [6.45, 7) is 2.35. The van der Waals surface area contributed by atoms with Gasteiger partial charge in [0.1, 0.15) is 12.4 Å². The summed E-state index contributed by atoms with van der Waals surface area (Å²) in [5, 5.41) is 4.11. The minimum atomic E-state index is -3.85. The number of nitrogens with zero attached hydrogens (tertiary/aromatic N) is 1. The second-order valence-electron chi connectivity index (χ2n) is 8.98. The quantitative estimate of drug-likeness (QED) is 0.106. The number of nitrogens with one attached hydrogen (secondary N) is 2. The van der Waals surface area contributed by atoms with Crippen molar-refractivity contribution in [1.29, 1.82) is 0 Å². The lowest BCUT2D eigenvalue weighted by atomic mass is 10.0. The zero-order chi connectivity index (χ0) is 28.5. The van der Waals surface area contributed by atoms with Crippen LogP contribution >= 0.6 is 45.2 Å². The molecule has 1 atom stereocenters. The van der Waals surface area contributed by atoms with E-state index < -0.39 is 22.0 Å². The molecule has 4 aromatic rings. The molecule has 0 saturated carbocycles. The van der Waals surface area contributed by atoms with E-state index in [2.05, 4.69) is 60.4 Å². The fraction of sp³-hybridized carbons (Fsp3) is 0.133. The summed E-state index contributed by atoms with van der Waals surface area (Å²) >= 11 is 4.43. The Bertz CT molecular complexity index is 1560. The number of ether oxygens (including phenoxy) is 1. The lowest BCUT2D eigenvalue weighted by molar-refractivity contribution is -0.121.